The van der Waals surface area contributed by atoms with Crippen molar-refractivity contribution in [2.45, 2.75) is 39.0 Å². The predicted molar refractivity (Wildman–Crippen MR) is 151 cm³/mol. The fourth-order valence-corrected chi connectivity index (χ4v) is 4.94. The van der Waals surface area contributed by atoms with Crippen LogP contribution in [0.4, 0.5) is 5.82 Å². The SMILES string of the molecule is CCc1ccc2c(-c3cccc(Cl)c3)c(CCCCC(=O)Nc3ccccn3)c(-c3ccccc3)nn12. The molecule has 0 aliphatic heterocycles. The van der Waals surface area contributed by atoms with Crippen molar-refractivity contribution < 1.29 is 4.79 Å². The van der Waals surface area contributed by atoms with Crippen LogP contribution in [-0.2, 0) is 17.6 Å². The van der Waals surface area contributed by atoms with E-state index in [0.29, 0.717) is 17.3 Å². The van der Waals surface area contributed by atoms with E-state index in [0.717, 1.165) is 59.3 Å². The normalized spacial score (nSPS) is 11.1. The Morgan fingerprint density at radius 3 is 2.49 bits per heavy atom. The summed E-state index contributed by atoms with van der Waals surface area (Å²) in [5.41, 5.74) is 7.66. The second-order valence-corrected chi connectivity index (χ2v) is 9.46. The van der Waals surface area contributed by atoms with Gasteiger partial charge < -0.3 is 5.32 Å². The molecule has 37 heavy (non-hydrogen) atoms. The molecule has 0 aliphatic rings. The van der Waals surface area contributed by atoms with Crippen LogP contribution in [0.15, 0.2) is 91.1 Å². The van der Waals surface area contributed by atoms with E-state index in [9.17, 15) is 4.79 Å². The van der Waals surface area contributed by atoms with E-state index in [4.69, 9.17) is 16.7 Å². The van der Waals surface area contributed by atoms with Crippen molar-refractivity contribution in [2.75, 3.05) is 5.32 Å². The molecule has 186 valence electrons. The van der Waals surface area contributed by atoms with Crippen molar-refractivity contribution in [3.63, 3.8) is 0 Å². The molecule has 6 heteroatoms. The van der Waals surface area contributed by atoms with Crippen LogP contribution in [0, 0.1) is 0 Å². The highest BCUT2D eigenvalue weighted by atomic mass is 35.5. The summed E-state index contributed by atoms with van der Waals surface area (Å²) in [5, 5.41) is 8.73. The molecule has 0 saturated carbocycles. The van der Waals surface area contributed by atoms with Gasteiger partial charge in [-0.1, -0.05) is 67.1 Å². The van der Waals surface area contributed by atoms with Crippen molar-refractivity contribution in [1.29, 1.82) is 0 Å². The Labute approximate surface area is 222 Å². The summed E-state index contributed by atoms with van der Waals surface area (Å²) in [6, 6.07) is 28.1. The van der Waals surface area contributed by atoms with E-state index < -0.39 is 0 Å². The van der Waals surface area contributed by atoms with E-state index in [1.807, 2.05) is 48.5 Å². The molecule has 0 aliphatic carbocycles. The first-order valence-corrected chi connectivity index (χ1v) is 13.1. The van der Waals surface area contributed by atoms with Crippen LogP contribution in [0.25, 0.3) is 27.9 Å². The fourth-order valence-electron chi connectivity index (χ4n) is 4.75. The number of hydrogen-bond acceptors (Lipinski definition) is 3. The van der Waals surface area contributed by atoms with E-state index in [1.54, 1.807) is 12.3 Å². The first kappa shape index (κ1) is 24.7. The third kappa shape index (κ3) is 5.57. The standard InChI is InChI=1S/C31H29ClN4O/c1-2-25-18-19-27-30(23-13-10-14-24(32)21-23)26(31(35-36(25)27)22-11-4-3-5-12-22)15-6-7-17-29(37)34-28-16-8-9-20-33-28/h3-5,8-14,16,18-21H,2,6-7,15,17H2,1H3,(H,33,34,37). The zero-order valence-corrected chi connectivity index (χ0v) is 21.6. The quantitative estimate of drug-likeness (QED) is 0.208. The number of carbonyl (C=O) groups excluding carboxylic acids is 1. The van der Waals surface area contributed by atoms with Gasteiger partial charge in [0.2, 0.25) is 5.91 Å². The van der Waals surface area contributed by atoms with Gasteiger partial charge in [-0.2, -0.15) is 5.10 Å². The Balaban J connectivity index is 1.50. The summed E-state index contributed by atoms with van der Waals surface area (Å²) in [6.07, 6.45) is 5.39. The smallest absolute Gasteiger partial charge is 0.225 e. The Morgan fingerprint density at radius 1 is 0.919 bits per heavy atom. The lowest BCUT2D eigenvalue weighted by molar-refractivity contribution is -0.116. The number of fused-ring (bicyclic) bond motifs is 1. The maximum Gasteiger partial charge on any atom is 0.225 e. The highest BCUT2D eigenvalue weighted by Crippen LogP contribution is 2.37. The van der Waals surface area contributed by atoms with Crippen LogP contribution in [-0.4, -0.2) is 20.5 Å². The van der Waals surface area contributed by atoms with E-state index >= 15 is 0 Å². The summed E-state index contributed by atoms with van der Waals surface area (Å²) in [5.74, 6) is 0.557. The number of pyridine rings is 1. The number of aryl methyl sites for hydroxylation is 1. The number of nitrogens with one attached hydrogen (secondary N) is 1. The number of carbonyl (C=O) groups is 1. The molecule has 0 spiro atoms. The van der Waals surface area contributed by atoms with Gasteiger partial charge in [0.25, 0.3) is 0 Å². The number of aromatic nitrogens is 3. The number of unbranched alkanes of at least 4 members (excludes halogenated alkanes) is 1. The summed E-state index contributed by atoms with van der Waals surface area (Å²) >= 11 is 6.44. The van der Waals surface area contributed by atoms with Crippen LogP contribution in [0.2, 0.25) is 5.02 Å². The number of amides is 1. The molecule has 0 radical (unpaired) electrons. The Bertz CT molecular complexity index is 1510. The summed E-state index contributed by atoms with van der Waals surface area (Å²) in [6.45, 7) is 2.15. The van der Waals surface area contributed by atoms with Crippen LogP contribution < -0.4 is 5.32 Å². The predicted octanol–water partition coefficient (Wildman–Crippen LogP) is 7.63. The maximum atomic E-state index is 12.5. The molecule has 3 heterocycles. The van der Waals surface area contributed by atoms with Crippen molar-refractivity contribution in [2.24, 2.45) is 0 Å². The van der Waals surface area contributed by atoms with Crippen LogP contribution in [0.5, 0.6) is 0 Å². The third-order valence-electron chi connectivity index (χ3n) is 6.51. The van der Waals surface area contributed by atoms with Gasteiger partial charge in [0.15, 0.2) is 0 Å². The minimum atomic E-state index is -0.0233. The lowest BCUT2D eigenvalue weighted by atomic mass is 9.92. The molecule has 5 aromatic rings. The van der Waals surface area contributed by atoms with E-state index in [2.05, 4.69) is 52.1 Å². The van der Waals surface area contributed by atoms with Crippen LogP contribution in [0.1, 0.15) is 37.4 Å². The number of benzene rings is 2. The van der Waals surface area contributed by atoms with E-state index in [-0.39, 0.29) is 5.91 Å². The average Bonchev–Trinajstić information content (AvgIpc) is 3.34. The van der Waals surface area contributed by atoms with Crippen LogP contribution in [0.3, 0.4) is 0 Å². The second-order valence-electron chi connectivity index (χ2n) is 9.02. The third-order valence-corrected chi connectivity index (χ3v) is 6.75. The molecule has 0 fully saturated rings. The summed E-state index contributed by atoms with van der Waals surface area (Å²) in [4.78, 5) is 16.6. The first-order chi connectivity index (χ1) is 18.1. The Morgan fingerprint density at radius 2 is 1.73 bits per heavy atom. The molecular weight excluding hydrogens is 480 g/mol. The molecule has 1 amide bonds. The minimum absolute atomic E-state index is 0.0233. The Kier molecular flexibility index (Phi) is 7.62. The van der Waals surface area contributed by atoms with Crippen molar-refractivity contribution in [3.05, 3.63) is 107 Å². The summed E-state index contributed by atoms with van der Waals surface area (Å²) in [7, 11) is 0. The number of halogens is 1. The lowest BCUT2D eigenvalue weighted by Gasteiger charge is -2.18. The molecule has 5 rings (SSSR count). The molecule has 5 nitrogen and oxygen atoms in total. The van der Waals surface area contributed by atoms with Gasteiger partial charge in [-0.3, -0.25) is 4.79 Å². The van der Waals surface area contributed by atoms with Crippen molar-refractivity contribution >= 4 is 28.8 Å². The molecule has 1 N–H and O–H groups in total. The molecule has 3 aromatic heterocycles. The zero-order valence-electron chi connectivity index (χ0n) is 20.8. The van der Waals surface area contributed by atoms with Crippen LogP contribution >= 0.6 is 11.6 Å². The van der Waals surface area contributed by atoms with Gasteiger partial charge in [0.1, 0.15) is 5.82 Å². The lowest BCUT2D eigenvalue weighted by Crippen LogP contribution is -2.12. The molecule has 0 atom stereocenters. The molecular formula is C31H29ClN4O. The fraction of sp³-hybridized carbons (Fsp3) is 0.194. The second kappa shape index (κ2) is 11.4. The van der Waals surface area contributed by atoms with Gasteiger partial charge in [-0.25, -0.2) is 9.50 Å². The maximum absolute atomic E-state index is 12.5. The molecule has 0 unspecified atom stereocenters. The van der Waals surface area contributed by atoms with Gasteiger partial charge in [0, 0.05) is 34.5 Å². The van der Waals surface area contributed by atoms with E-state index in [1.165, 1.54) is 5.56 Å². The molecule has 0 saturated heterocycles. The first-order valence-electron chi connectivity index (χ1n) is 12.7. The molecule has 0 bridgehead atoms. The number of anilines is 1. The highest BCUT2D eigenvalue weighted by Gasteiger charge is 2.20. The average molecular weight is 509 g/mol. The number of rotatable bonds is 9. The van der Waals surface area contributed by atoms with Gasteiger partial charge >= 0.3 is 0 Å². The van der Waals surface area contributed by atoms with Gasteiger partial charge in [0.05, 0.1) is 11.2 Å². The highest BCUT2D eigenvalue weighted by molar-refractivity contribution is 6.30. The zero-order chi connectivity index (χ0) is 25.6. The number of hydrogen-bond donors (Lipinski definition) is 1. The number of nitrogens with zero attached hydrogens (tertiary/aromatic N) is 3. The largest absolute Gasteiger partial charge is 0.311 e. The van der Waals surface area contributed by atoms with Crippen molar-refractivity contribution in [1.82, 2.24) is 14.6 Å². The summed E-state index contributed by atoms with van der Waals surface area (Å²) < 4.78 is 2.07. The van der Waals surface area contributed by atoms with Crippen molar-refractivity contribution in [3.8, 4) is 22.4 Å². The monoisotopic (exact) mass is 508 g/mol. The van der Waals surface area contributed by atoms with Gasteiger partial charge in [-0.05, 0) is 73.2 Å². The Hall–Kier alpha value is -3.96. The molecule has 2 aromatic carbocycles. The van der Waals surface area contributed by atoms with Gasteiger partial charge in [-0.15, -0.1) is 0 Å². The topological polar surface area (TPSA) is 59.3 Å². The minimum Gasteiger partial charge on any atom is -0.311 e.